The zero-order valence-electron chi connectivity index (χ0n) is 21.4. The van der Waals surface area contributed by atoms with Gasteiger partial charge in [0.1, 0.15) is 22.9 Å². The second-order valence-electron chi connectivity index (χ2n) is 10.0. The fraction of sp³-hybridized carbons (Fsp3) is 0.357. The van der Waals surface area contributed by atoms with Crippen LogP contribution in [0.2, 0.25) is 0 Å². The molecule has 0 bridgehead atoms. The molecule has 1 fully saturated rings. The topological polar surface area (TPSA) is 116 Å². The minimum atomic E-state index is -0.871. The number of hydrogen-bond donors (Lipinski definition) is 1. The summed E-state index contributed by atoms with van der Waals surface area (Å²) in [5, 5.41) is 0.970. The maximum absolute atomic E-state index is 14.3. The van der Waals surface area contributed by atoms with Gasteiger partial charge < -0.3 is 24.0 Å². The van der Waals surface area contributed by atoms with Crippen molar-refractivity contribution in [2.75, 3.05) is 18.8 Å². The van der Waals surface area contributed by atoms with E-state index in [1.807, 2.05) is 40.7 Å². The van der Waals surface area contributed by atoms with Crippen LogP contribution in [0.1, 0.15) is 43.3 Å². The molecule has 1 amide bonds. The molecule has 5 heterocycles. The zero-order valence-corrected chi connectivity index (χ0v) is 21.4. The van der Waals surface area contributed by atoms with Crippen molar-refractivity contribution in [3.8, 4) is 11.3 Å². The number of benzene rings is 1. The minimum absolute atomic E-state index is 0.0226. The van der Waals surface area contributed by atoms with E-state index in [0.29, 0.717) is 30.0 Å². The Hall–Kier alpha value is -4.21. The highest BCUT2D eigenvalue weighted by Gasteiger charge is 2.23. The van der Waals surface area contributed by atoms with Crippen LogP contribution < -0.4 is 5.73 Å². The van der Waals surface area contributed by atoms with Gasteiger partial charge >= 0.3 is 6.08 Å². The molecule has 10 heteroatoms. The highest BCUT2D eigenvalue weighted by molar-refractivity contribution is 5.85. The predicted molar refractivity (Wildman–Crippen MR) is 141 cm³/mol. The van der Waals surface area contributed by atoms with Crippen LogP contribution in [0.25, 0.3) is 33.5 Å². The molecule has 0 radical (unpaired) electrons. The molecule has 1 aliphatic rings. The lowest BCUT2D eigenvalue weighted by Gasteiger charge is -2.31. The zero-order chi connectivity index (χ0) is 26.4. The average Bonchev–Trinajstić information content (AvgIpc) is 3.61. The van der Waals surface area contributed by atoms with E-state index in [4.69, 9.17) is 19.6 Å². The molecule has 2 N–H and O–H groups in total. The smallest absolute Gasteiger partial charge is 0.312 e. The number of aryl methyl sites for hydroxylation is 2. The molecule has 1 saturated heterocycles. The quantitative estimate of drug-likeness (QED) is 0.312. The van der Waals surface area contributed by atoms with E-state index >= 15 is 0 Å². The van der Waals surface area contributed by atoms with Crippen molar-refractivity contribution in [2.24, 2.45) is 5.92 Å². The second-order valence-corrected chi connectivity index (χ2v) is 10.0. The van der Waals surface area contributed by atoms with Crippen LogP contribution in [0, 0.1) is 18.9 Å². The number of amides is 1. The van der Waals surface area contributed by atoms with Gasteiger partial charge in [0.15, 0.2) is 17.0 Å². The van der Waals surface area contributed by atoms with Crippen LogP contribution in [0.15, 0.2) is 45.4 Å². The molecule has 196 valence electrons. The monoisotopic (exact) mass is 516 g/mol. The van der Waals surface area contributed by atoms with Crippen molar-refractivity contribution in [1.82, 2.24) is 24.4 Å². The summed E-state index contributed by atoms with van der Waals surface area (Å²) in [5.41, 5.74) is 9.52. The molecule has 0 atom stereocenters. The molecule has 0 unspecified atom stereocenters. The maximum atomic E-state index is 14.3. The lowest BCUT2D eigenvalue weighted by molar-refractivity contribution is -0.130. The van der Waals surface area contributed by atoms with Gasteiger partial charge in [0, 0.05) is 43.9 Å². The summed E-state index contributed by atoms with van der Waals surface area (Å²) in [5.74, 6) is 2.86. The van der Waals surface area contributed by atoms with Crippen molar-refractivity contribution in [3.63, 3.8) is 0 Å². The number of piperidine rings is 1. The lowest BCUT2D eigenvalue weighted by Crippen LogP contribution is -2.37. The van der Waals surface area contributed by atoms with Crippen LogP contribution >= 0.6 is 0 Å². The number of nitrogens with zero attached hydrogens (tertiary/aromatic N) is 5. The first-order valence-corrected chi connectivity index (χ1v) is 12.9. The van der Waals surface area contributed by atoms with Crippen LogP contribution in [-0.4, -0.2) is 43.4 Å². The Kier molecular flexibility index (Phi) is 6.09. The summed E-state index contributed by atoms with van der Waals surface area (Å²) >= 11 is 0. The Bertz CT molecular complexity index is 1640. The first-order chi connectivity index (χ1) is 18.4. The van der Waals surface area contributed by atoms with Crippen molar-refractivity contribution >= 4 is 33.9 Å². The Morgan fingerprint density at radius 3 is 2.71 bits per heavy atom. The van der Waals surface area contributed by atoms with Gasteiger partial charge in [0.2, 0.25) is 5.91 Å². The van der Waals surface area contributed by atoms with Crippen molar-refractivity contribution < 1.29 is 18.0 Å². The summed E-state index contributed by atoms with van der Waals surface area (Å²) < 4.78 is 27.8. The third kappa shape index (κ3) is 4.51. The maximum Gasteiger partial charge on any atom is 0.312 e. The van der Waals surface area contributed by atoms with Crippen molar-refractivity contribution in [1.29, 1.82) is 0 Å². The molecule has 0 aliphatic carbocycles. The van der Waals surface area contributed by atoms with Crippen LogP contribution in [-0.2, 0) is 17.8 Å². The van der Waals surface area contributed by atoms with E-state index in [0.717, 1.165) is 71.8 Å². The second kappa shape index (κ2) is 9.59. The molecule has 4 aromatic heterocycles. The van der Waals surface area contributed by atoms with Crippen LogP contribution in [0.3, 0.4) is 0 Å². The molecular weight excluding hydrogens is 487 g/mol. The van der Waals surface area contributed by atoms with Crippen LogP contribution in [0.5, 0.6) is 0 Å². The number of imidazole rings is 1. The Morgan fingerprint density at radius 2 is 1.97 bits per heavy atom. The molecule has 0 spiro atoms. The molecule has 1 aromatic carbocycles. The number of halogens is 1. The van der Waals surface area contributed by atoms with Crippen LogP contribution in [0.4, 0.5) is 10.2 Å². The molecule has 1 aliphatic heterocycles. The number of carbonyl (C=O) groups is 1. The summed E-state index contributed by atoms with van der Waals surface area (Å²) in [6.07, 6.45) is 3.98. The van der Waals surface area contributed by atoms with Gasteiger partial charge in [-0.05, 0) is 68.0 Å². The minimum Gasteiger partial charge on any atom is -0.464 e. The molecule has 38 heavy (non-hydrogen) atoms. The fourth-order valence-corrected chi connectivity index (χ4v) is 5.44. The van der Waals surface area contributed by atoms with E-state index in [9.17, 15) is 9.18 Å². The highest BCUT2D eigenvalue weighted by atomic mass is 19.1. The Labute approximate surface area is 218 Å². The number of carbonyl (C=O) groups excluding carboxylic acids is 1. The van der Waals surface area contributed by atoms with E-state index in [2.05, 4.69) is 16.0 Å². The number of anilines is 1. The van der Waals surface area contributed by atoms with E-state index in [-0.39, 0.29) is 11.7 Å². The lowest BCUT2D eigenvalue weighted by atomic mass is 9.93. The highest BCUT2D eigenvalue weighted by Crippen LogP contribution is 2.33. The number of rotatable bonds is 6. The summed E-state index contributed by atoms with van der Waals surface area (Å²) in [4.78, 5) is 26.2. The number of hydrogen-bond acceptors (Lipinski definition) is 7. The van der Waals surface area contributed by atoms with Gasteiger partial charge in [-0.15, -0.1) is 0 Å². The number of furan rings is 2. The molecule has 5 aromatic rings. The Balaban J connectivity index is 1.37. The summed E-state index contributed by atoms with van der Waals surface area (Å²) in [6, 6.07) is 9.84. The first-order valence-electron chi connectivity index (χ1n) is 12.9. The average molecular weight is 517 g/mol. The van der Waals surface area contributed by atoms with Gasteiger partial charge in [0.25, 0.3) is 0 Å². The predicted octanol–water partition coefficient (Wildman–Crippen LogP) is 5.10. The number of aromatic nitrogens is 4. The molecule has 6 rings (SSSR count). The van der Waals surface area contributed by atoms with Crippen molar-refractivity contribution in [2.45, 2.75) is 46.1 Å². The Morgan fingerprint density at radius 1 is 1.16 bits per heavy atom. The number of nitrogen functional groups attached to an aromatic ring is 1. The molecular formula is C28H29FN6O3. The third-order valence-electron chi connectivity index (χ3n) is 7.53. The van der Waals surface area contributed by atoms with Gasteiger partial charge in [-0.1, -0.05) is 0 Å². The standard InChI is InChI=1S/C28H29FN6O3/c1-16-3-4-22(38-16)21-15-23-19(8-12-37-23)13-20(21)14-24-31-25-26(30)32-28(29)33-27(25)35(24)11-7-18-5-9-34(10-6-18)17(2)36/h3-4,8,12-13,15,18H,5-7,9-11,14H2,1-2H3,(H2,30,32,33). The normalized spacial score (nSPS) is 14.7. The van der Waals surface area contributed by atoms with E-state index in [1.54, 1.807) is 13.2 Å². The van der Waals surface area contributed by atoms with Gasteiger partial charge in [-0.25, -0.2) is 4.98 Å². The SMILES string of the molecule is CC(=O)N1CCC(CCn2c(Cc3cc4ccoc4cc3-c3ccc(C)o3)nc3c(N)nc(F)nc32)CC1. The van der Waals surface area contributed by atoms with E-state index in [1.165, 1.54) is 0 Å². The summed E-state index contributed by atoms with van der Waals surface area (Å²) in [6.45, 7) is 5.65. The summed E-state index contributed by atoms with van der Waals surface area (Å²) in [7, 11) is 0. The molecule has 0 saturated carbocycles. The van der Waals surface area contributed by atoms with Gasteiger partial charge in [0.05, 0.1) is 6.26 Å². The number of fused-ring (bicyclic) bond motifs is 2. The van der Waals surface area contributed by atoms with Gasteiger partial charge in [-0.2, -0.15) is 14.4 Å². The molecule has 9 nitrogen and oxygen atoms in total. The number of likely N-dealkylation sites (tertiary alicyclic amines) is 1. The van der Waals surface area contributed by atoms with Crippen molar-refractivity contribution in [3.05, 3.63) is 59.8 Å². The number of nitrogens with two attached hydrogens (primary N) is 1. The third-order valence-corrected chi connectivity index (χ3v) is 7.53. The first kappa shape index (κ1) is 24.1. The largest absolute Gasteiger partial charge is 0.464 e. The van der Waals surface area contributed by atoms with Gasteiger partial charge in [-0.3, -0.25) is 4.79 Å². The fourth-order valence-electron chi connectivity index (χ4n) is 5.44. The van der Waals surface area contributed by atoms with E-state index < -0.39 is 6.08 Å².